The number of nitrogens with one attached hydrogen (secondary N) is 2. The summed E-state index contributed by atoms with van der Waals surface area (Å²) in [5.74, 6) is 0.848. The summed E-state index contributed by atoms with van der Waals surface area (Å²) in [5, 5.41) is 3.61. The average Bonchev–Trinajstić information content (AvgIpc) is 2.61. The first kappa shape index (κ1) is 10.2. The maximum Gasteiger partial charge on any atom is 0.134 e. The van der Waals surface area contributed by atoms with E-state index in [4.69, 9.17) is 11.6 Å². The van der Waals surface area contributed by atoms with Crippen LogP contribution in [0.15, 0.2) is 30.3 Å². The zero-order chi connectivity index (χ0) is 10.7. The average molecular weight is 222 g/mol. The number of nitrogens with zero attached hydrogens (tertiary/aromatic N) is 1. The van der Waals surface area contributed by atoms with E-state index in [1.807, 2.05) is 37.4 Å². The number of aromatic amines is 1. The van der Waals surface area contributed by atoms with Gasteiger partial charge >= 0.3 is 0 Å². The molecule has 0 fully saturated rings. The second kappa shape index (κ2) is 4.47. The number of rotatable bonds is 3. The number of halogens is 1. The fourth-order valence-electron chi connectivity index (χ4n) is 1.44. The van der Waals surface area contributed by atoms with Crippen molar-refractivity contribution in [3.63, 3.8) is 0 Å². The van der Waals surface area contributed by atoms with E-state index in [2.05, 4.69) is 15.3 Å². The molecule has 0 atom stereocenters. The molecular weight excluding hydrogens is 210 g/mol. The van der Waals surface area contributed by atoms with Crippen molar-refractivity contribution in [2.75, 3.05) is 7.05 Å². The van der Waals surface area contributed by atoms with Crippen molar-refractivity contribution in [3.8, 4) is 11.3 Å². The molecule has 0 amide bonds. The number of hydrogen-bond acceptors (Lipinski definition) is 2. The summed E-state index contributed by atoms with van der Waals surface area (Å²) in [5.41, 5.74) is 1.84. The fourth-order valence-corrected chi connectivity index (χ4v) is 1.70. The molecule has 1 heterocycles. The van der Waals surface area contributed by atoms with Crippen LogP contribution >= 0.6 is 11.6 Å². The first-order valence-electron chi connectivity index (χ1n) is 4.75. The molecule has 0 radical (unpaired) electrons. The van der Waals surface area contributed by atoms with Gasteiger partial charge in [-0.15, -0.1) is 0 Å². The van der Waals surface area contributed by atoms with E-state index in [9.17, 15) is 0 Å². The molecule has 0 spiro atoms. The van der Waals surface area contributed by atoms with Crippen LogP contribution < -0.4 is 5.32 Å². The van der Waals surface area contributed by atoms with Crippen molar-refractivity contribution >= 4 is 11.6 Å². The van der Waals surface area contributed by atoms with Gasteiger partial charge in [0.25, 0.3) is 0 Å². The molecule has 2 aromatic rings. The minimum absolute atomic E-state index is 0.589. The molecule has 0 saturated carbocycles. The smallest absolute Gasteiger partial charge is 0.134 e. The number of aromatic nitrogens is 2. The molecule has 4 heteroatoms. The lowest BCUT2D eigenvalue weighted by atomic mass is 10.2. The summed E-state index contributed by atoms with van der Waals surface area (Å²) in [6.45, 7) is 0.687. The number of imidazole rings is 1. The van der Waals surface area contributed by atoms with Crippen LogP contribution in [-0.2, 0) is 6.54 Å². The Morgan fingerprint density at radius 2 is 2.07 bits per heavy atom. The Kier molecular flexibility index (Phi) is 3.04. The van der Waals surface area contributed by atoms with E-state index in [1.54, 1.807) is 0 Å². The first-order chi connectivity index (χ1) is 7.31. The van der Waals surface area contributed by atoms with Gasteiger partial charge in [0.15, 0.2) is 0 Å². The van der Waals surface area contributed by atoms with Crippen LogP contribution in [0.5, 0.6) is 0 Å². The Balaban J connectivity index is 2.36. The predicted molar refractivity (Wildman–Crippen MR) is 61.8 cm³/mol. The molecule has 2 rings (SSSR count). The largest absolute Gasteiger partial charge is 0.331 e. The van der Waals surface area contributed by atoms with Gasteiger partial charge in [-0.1, -0.05) is 41.9 Å². The predicted octanol–water partition coefficient (Wildman–Crippen LogP) is 2.45. The Bertz CT molecular complexity index is 436. The highest BCUT2D eigenvalue weighted by atomic mass is 35.5. The fraction of sp³-hybridized carbons (Fsp3) is 0.182. The lowest BCUT2D eigenvalue weighted by Crippen LogP contribution is -2.06. The highest BCUT2D eigenvalue weighted by Crippen LogP contribution is 2.24. The third-order valence-electron chi connectivity index (χ3n) is 2.10. The summed E-state index contributed by atoms with van der Waals surface area (Å²) < 4.78 is 0. The van der Waals surface area contributed by atoms with Gasteiger partial charge in [0, 0.05) is 5.56 Å². The van der Waals surface area contributed by atoms with Crippen LogP contribution in [0.3, 0.4) is 0 Å². The first-order valence-corrected chi connectivity index (χ1v) is 5.13. The van der Waals surface area contributed by atoms with Gasteiger partial charge in [-0.25, -0.2) is 4.98 Å². The second-order valence-corrected chi connectivity index (χ2v) is 3.62. The Morgan fingerprint density at radius 3 is 2.73 bits per heavy atom. The number of H-pyrrole nitrogens is 1. The van der Waals surface area contributed by atoms with E-state index in [1.165, 1.54) is 0 Å². The van der Waals surface area contributed by atoms with Crippen LogP contribution in [0.25, 0.3) is 11.3 Å². The summed E-state index contributed by atoms with van der Waals surface area (Å²) in [6.07, 6.45) is 0. The van der Waals surface area contributed by atoms with Crippen LogP contribution in [0.2, 0.25) is 5.15 Å². The van der Waals surface area contributed by atoms with Crippen molar-refractivity contribution in [1.29, 1.82) is 0 Å². The van der Waals surface area contributed by atoms with Gasteiger partial charge in [0.1, 0.15) is 16.7 Å². The molecule has 0 aliphatic carbocycles. The number of benzene rings is 1. The normalized spacial score (nSPS) is 10.5. The Labute approximate surface area is 93.5 Å². The summed E-state index contributed by atoms with van der Waals surface area (Å²) in [6, 6.07) is 9.89. The van der Waals surface area contributed by atoms with Crippen LogP contribution in [-0.4, -0.2) is 17.0 Å². The van der Waals surface area contributed by atoms with Crippen LogP contribution in [0.4, 0.5) is 0 Å². The molecular formula is C11H12ClN3. The van der Waals surface area contributed by atoms with Gasteiger partial charge < -0.3 is 10.3 Å². The van der Waals surface area contributed by atoms with Gasteiger partial charge in [-0.3, -0.25) is 0 Å². The van der Waals surface area contributed by atoms with Crippen LogP contribution in [0, 0.1) is 0 Å². The minimum atomic E-state index is 0.589. The molecule has 1 aromatic heterocycles. The lowest BCUT2D eigenvalue weighted by molar-refractivity contribution is 0.772. The zero-order valence-corrected chi connectivity index (χ0v) is 9.17. The van der Waals surface area contributed by atoms with E-state index in [0.29, 0.717) is 11.7 Å². The maximum absolute atomic E-state index is 6.07. The van der Waals surface area contributed by atoms with Crippen molar-refractivity contribution in [1.82, 2.24) is 15.3 Å². The Hall–Kier alpha value is -1.32. The summed E-state index contributed by atoms with van der Waals surface area (Å²) in [7, 11) is 1.87. The van der Waals surface area contributed by atoms with E-state index in [0.717, 1.165) is 17.1 Å². The van der Waals surface area contributed by atoms with Gasteiger partial charge in [0.05, 0.1) is 6.54 Å². The zero-order valence-electron chi connectivity index (χ0n) is 8.42. The molecule has 0 aliphatic heterocycles. The summed E-state index contributed by atoms with van der Waals surface area (Å²) in [4.78, 5) is 7.46. The quantitative estimate of drug-likeness (QED) is 0.836. The minimum Gasteiger partial charge on any atom is -0.331 e. The van der Waals surface area contributed by atoms with Crippen molar-refractivity contribution in [2.45, 2.75) is 6.54 Å². The number of hydrogen-bond donors (Lipinski definition) is 2. The standard InChI is InChI=1S/C11H12ClN3/c1-13-7-9-14-10(11(12)15-9)8-5-3-2-4-6-8/h2-6,13H,7H2,1H3,(H,14,15). The molecule has 0 saturated heterocycles. The molecule has 3 nitrogen and oxygen atoms in total. The third kappa shape index (κ3) is 2.19. The maximum atomic E-state index is 6.07. The van der Waals surface area contributed by atoms with Crippen molar-refractivity contribution in [2.24, 2.45) is 0 Å². The van der Waals surface area contributed by atoms with Gasteiger partial charge in [0.2, 0.25) is 0 Å². The molecule has 1 aromatic carbocycles. The molecule has 0 unspecified atom stereocenters. The van der Waals surface area contributed by atoms with E-state index in [-0.39, 0.29) is 0 Å². The second-order valence-electron chi connectivity index (χ2n) is 3.24. The molecule has 0 bridgehead atoms. The van der Waals surface area contributed by atoms with E-state index >= 15 is 0 Å². The summed E-state index contributed by atoms with van der Waals surface area (Å²) >= 11 is 6.07. The van der Waals surface area contributed by atoms with Crippen molar-refractivity contribution in [3.05, 3.63) is 41.3 Å². The molecule has 15 heavy (non-hydrogen) atoms. The lowest BCUT2D eigenvalue weighted by Gasteiger charge is -1.95. The Morgan fingerprint density at radius 1 is 1.33 bits per heavy atom. The monoisotopic (exact) mass is 221 g/mol. The highest BCUT2D eigenvalue weighted by Gasteiger charge is 2.09. The van der Waals surface area contributed by atoms with Crippen LogP contribution in [0.1, 0.15) is 5.82 Å². The van der Waals surface area contributed by atoms with Gasteiger partial charge in [-0.2, -0.15) is 0 Å². The SMILES string of the molecule is CNCc1nc(-c2ccccc2)c(Cl)[nH]1. The molecule has 78 valence electrons. The van der Waals surface area contributed by atoms with Gasteiger partial charge in [-0.05, 0) is 7.05 Å². The van der Waals surface area contributed by atoms with Crippen molar-refractivity contribution < 1.29 is 0 Å². The highest BCUT2D eigenvalue weighted by molar-refractivity contribution is 6.31. The third-order valence-corrected chi connectivity index (χ3v) is 2.37. The molecule has 2 N–H and O–H groups in total. The topological polar surface area (TPSA) is 40.7 Å². The molecule has 0 aliphatic rings. The van der Waals surface area contributed by atoms with E-state index < -0.39 is 0 Å².